The summed E-state index contributed by atoms with van der Waals surface area (Å²) in [6.45, 7) is 4.01. The molecule has 2 aromatic carbocycles. The highest BCUT2D eigenvalue weighted by atomic mass is 32.2. The fraction of sp³-hybridized carbons (Fsp3) is 0.190. The lowest BCUT2D eigenvalue weighted by atomic mass is 10.1. The highest BCUT2D eigenvalue weighted by Crippen LogP contribution is 2.29. The minimum atomic E-state index is -0.391. The normalized spacial score (nSPS) is 13.7. The van der Waals surface area contributed by atoms with Gasteiger partial charge < -0.3 is 5.32 Å². The van der Waals surface area contributed by atoms with Crippen molar-refractivity contribution in [2.75, 3.05) is 16.0 Å². The molecule has 3 rings (SSSR count). The Bertz CT molecular complexity index is 902. The molecule has 0 bridgehead atoms. The summed E-state index contributed by atoms with van der Waals surface area (Å²) in [6.07, 6.45) is 2.18. The second kappa shape index (κ2) is 8.22. The van der Waals surface area contributed by atoms with Gasteiger partial charge in [0.25, 0.3) is 11.8 Å². The molecule has 3 amide bonds. The molecule has 138 valence electrons. The largest absolute Gasteiger partial charge is 0.325 e. The number of carbonyl (C=O) groups is 3. The molecule has 5 nitrogen and oxygen atoms in total. The summed E-state index contributed by atoms with van der Waals surface area (Å²) in [6, 6.07) is 14.8. The lowest BCUT2D eigenvalue weighted by Gasteiger charge is -2.15. The zero-order valence-corrected chi connectivity index (χ0v) is 16.0. The topological polar surface area (TPSA) is 66.5 Å². The highest BCUT2D eigenvalue weighted by Gasteiger charge is 2.32. The van der Waals surface area contributed by atoms with E-state index in [-0.39, 0.29) is 22.5 Å². The van der Waals surface area contributed by atoms with E-state index in [0.717, 1.165) is 34.2 Å². The van der Waals surface area contributed by atoms with Gasteiger partial charge in [-0.05, 0) is 43.2 Å². The fourth-order valence-corrected chi connectivity index (χ4v) is 3.41. The molecule has 0 spiro atoms. The summed E-state index contributed by atoms with van der Waals surface area (Å²) in [5.41, 5.74) is 3.48. The quantitative estimate of drug-likeness (QED) is 0.776. The standard InChI is InChI=1S/C21H20N2O3S/c1-3-15-6-10-17(11-7-15)23-20(25)12-18(21(23)26)27-13-19(24)22-16-8-4-14(2)5-9-16/h4-12H,3,13H2,1-2H3,(H,22,24). The molecule has 27 heavy (non-hydrogen) atoms. The molecule has 0 saturated carbocycles. The SMILES string of the molecule is CCc1ccc(N2C(=O)C=C(SCC(=O)Nc3ccc(C)cc3)C2=O)cc1. The van der Waals surface area contributed by atoms with Crippen molar-refractivity contribution in [3.05, 3.63) is 70.6 Å². The Morgan fingerprint density at radius 1 is 1.04 bits per heavy atom. The molecule has 2 aromatic rings. The van der Waals surface area contributed by atoms with Gasteiger partial charge >= 0.3 is 0 Å². The second-order valence-electron chi connectivity index (χ2n) is 6.21. The van der Waals surface area contributed by atoms with Gasteiger partial charge in [0.15, 0.2) is 0 Å². The van der Waals surface area contributed by atoms with Crippen LogP contribution >= 0.6 is 11.8 Å². The first-order valence-electron chi connectivity index (χ1n) is 8.66. The smallest absolute Gasteiger partial charge is 0.271 e. The van der Waals surface area contributed by atoms with Gasteiger partial charge in [0.05, 0.1) is 16.3 Å². The van der Waals surface area contributed by atoms with E-state index in [9.17, 15) is 14.4 Å². The van der Waals surface area contributed by atoms with Crippen LogP contribution in [-0.4, -0.2) is 23.5 Å². The van der Waals surface area contributed by atoms with Gasteiger partial charge in [0, 0.05) is 11.8 Å². The number of anilines is 2. The van der Waals surface area contributed by atoms with Gasteiger partial charge in [-0.2, -0.15) is 0 Å². The van der Waals surface area contributed by atoms with Crippen LogP contribution in [0.1, 0.15) is 18.1 Å². The van der Waals surface area contributed by atoms with Crippen LogP contribution in [0.15, 0.2) is 59.5 Å². The Hall–Kier alpha value is -2.86. The molecule has 1 aliphatic rings. The molecule has 0 aromatic heterocycles. The number of hydrogen-bond donors (Lipinski definition) is 1. The van der Waals surface area contributed by atoms with Crippen molar-refractivity contribution in [2.45, 2.75) is 20.3 Å². The van der Waals surface area contributed by atoms with Gasteiger partial charge in [0.2, 0.25) is 5.91 Å². The third-order valence-electron chi connectivity index (χ3n) is 4.19. The number of aryl methyl sites for hydroxylation is 2. The van der Waals surface area contributed by atoms with Crippen LogP contribution in [0.2, 0.25) is 0 Å². The number of carbonyl (C=O) groups excluding carboxylic acids is 3. The third-order valence-corrected chi connectivity index (χ3v) is 5.20. The monoisotopic (exact) mass is 380 g/mol. The van der Waals surface area contributed by atoms with Crippen molar-refractivity contribution >= 4 is 40.9 Å². The molecule has 0 radical (unpaired) electrons. The van der Waals surface area contributed by atoms with Crippen molar-refractivity contribution in [1.82, 2.24) is 0 Å². The van der Waals surface area contributed by atoms with E-state index in [4.69, 9.17) is 0 Å². The van der Waals surface area contributed by atoms with E-state index in [1.807, 2.05) is 50.2 Å². The molecule has 0 atom stereocenters. The van der Waals surface area contributed by atoms with Gasteiger partial charge in [-0.3, -0.25) is 14.4 Å². The molecule has 6 heteroatoms. The maximum atomic E-state index is 12.6. The van der Waals surface area contributed by atoms with E-state index in [2.05, 4.69) is 5.32 Å². The molecule has 0 unspecified atom stereocenters. The Morgan fingerprint density at radius 2 is 1.70 bits per heavy atom. The van der Waals surface area contributed by atoms with Crippen LogP contribution in [0, 0.1) is 6.92 Å². The summed E-state index contributed by atoms with van der Waals surface area (Å²) < 4.78 is 0. The molecule has 0 aliphatic carbocycles. The van der Waals surface area contributed by atoms with Crippen LogP contribution < -0.4 is 10.2 Å². The minimum absolute atomic E-state index is 0.0569. The lowest BCUT2D eigenvalue weighted by molar-refractivity contribution is -0.120. The first kappa shape index (κ1) is 18.9. The number of benzene rings is 2. The number of nitrogens with zero attached hydrogens (tertiary/aromatic N) is 1. The van der Waals surface area contributed by atoms with E-state index in [1.165, 1.54) is 6.08 Å². The van der Waals surface area contributed by atoms with Crippen LogP contribution in [0.4, 0.5) is 11.4 Å². The molecule has 1 heterocycles. The van der Waals surface area contributed by atoms with Crippen LogP contribution in [0.25, 0.3) is 0 Å². The van der Waals surface area contributed by atoms with E-state index in [0.29, 0.717) is 11.4 Å². The van der Waals surface area contributed by atoms with Gasteiger partial charge in [-0.25, -0.2) is 4.90 Å². The zero-order chi connectivity index (χ0) is 19.4. The number of amides is 3. The van der Waals surface area contributed by atoms with Crippen molar-refractivity contribution in [2.24, 2.45) is 0 Å². The van der Waals surface area contributed by atoms with Crippen molar-refractivity contribution in [1.29, 1.82) is 0 Å². The molecule has 1 aliphatic heterocycles. The summed E-state index contributed by atoms with van der Waals surface area (Å²) in [7, 11) is 0. The maximum Gasteiger partial charge on any atom is 0.271 e. The average molecular weight is 380 g/mol. The van der Waals surface area contributed by atoms with Crippen molar-refractivity contribution in [3.8, 4) is 0 Å². The predicted molar refractivity (Wildman–Crippen MR) is 109 cm³/mol. The molecule has 1 N–H and O–H groups in total. The third kappa shape index (κ3) is 4.46. The van der Waals surface area contributed by atoms with Crippen LogP contribution in [-0.2, 0) is 20.8 Å². The van der Waals surface area contributed by atoms with Crippen molar-refractivity contribution < 1.29 is 14.4 Å². The van der Waals surface area contributed by atoms with Crippen molar-refractivity contribution in [3.63, 3.8) is 0 Å². The van der Waals surface area contributed by atoms with Crippen LogP contribution in [0.3, 0.4) is 0 Å². The van der Waals surface area contributed by atoms with Crippen LogP contribution in [0.5, 0.6) is 0 Å². The number of hydrogen-bond acceptors (Lipinski definition) is 4. The first-order valence-corrected chi connectivity index (χ1v) is 9.65. The Kier molecular flexibility index (Phi) is 5.76. The summed E-state index contributed by atoms with van der Waals surface area (Å²) in [5.74, 6) is -0.944. The van der Waals surface area contributed by atoms with E-state index < -0.39 is 5.91 Å². The first-order chi connectivity index (χ1) is 13.0. The number of nitrogens with one attached hydrogen (secondary N) is 1. The highest BCUT2D eigenvalue weighted by molar-refractivity contribution is 8.04. The number of thioether (sulfide) groups is 1. The summed E-state index contributed by atoms with van der Waals surface area (Å²) >= 11 is 1.07. The molecule has 0 saturated heterocycles. The van der Waals surface area contributed by atoms with Gasteiger partial charge in [0.1, 0.15) is 0 Å². The Balaban J connectivity index is 1.59. The summed E-state index contributed by atoms with van der Waals surface area (Å²) in [4.78, 5) is 38.3. The summed E-state index contributed by atoms with van der Waals surface area (Å²) in [5, 5.41) is 2.78. The van der Waals surface area contributed by atoms with E-state index in [1.54, 1.807) is 12.1 Å². The predicted octanol–water partition coefficient (Wildman–Crippen LogP) is 3.69. The maximum absolute atomic E-state index is 12.6. The van der Waals surface area contributed by atoms with Gasteiger partial charge in [-0.1, -0.05) is 36.8 Å². The lowest BCUT2D eigenvalue weighted by Crippen LogP contribution is -2.30. The number of imide groups is 1. The molecular weight excluding hydrogens is 360 g/mol. The fourth-order valence-electron chi connectivity index (χ4n) is 2.65. The molecular formula is C21H20N2O3S. The second-order valence-corrected chi connectivity index (χ2v) is 7.23. The Labute approximate surface area is 162 Å². The molecule has 0 fully saturated rings. The zero-order valence-electron chi connectivity index (χ0n) is 15.2. The minimum Gasteiger partial charge on any atom is -0.325 e. The van der Waals surface area contributed by atoms with Gasteiger partial charge in [-0.15, -0.1) is 11.8 Å². The average Bonchev–Trinajstić information content (AvgIpc) is 2.95. The van der Waals surface area contributed by atoms with E-state index >= 15 is 0 Å². The number of rotatable bonds is 6. The Morgan fingerprint density at radius 3 is 2.33 bits per heavy atom.